The highest BCUT2D eigenvalue weighted by molar-refractivity contribution is 5.90. The fourth-order valence-corrected chi connectivity index (χ4v) is 1.86. The molecular formula is C14H23N3O2. The van der Waals surface area contributed by atoms with Crippen molar-refractivity contribution in [1.29, 1.82) is 0 Å². The monoisotopic (exact) mass is 265 g/mol. The van der Waals surface area contributed by atoms with Crippen LogP contribution in [0.5, 0.6) is 0 Å². The zero-order valence-electron chi connectivity index (χ0n) is 11.5. The van der Waals surface area contributed by atoms with Gasteiger partial charge in [0.1, 0.15) is 0 Å². The van der Waals surface area contributed by atoms with E-state index in [9.17, 15) is 9.59 Å². The molecule has 3 N–H and O–H groups in total. The lowest BCUT2D eigenvalue weighted by Gasteiger charge is -2.07. The molecule has 0 saturated heterocycles. The molecule has 0 atom stereocenters. The molecule has 19 heavy (non-hydrogen) atoms. The van der Waals surface area contributed by atoms with Gasteiger partial charge in [0.25, 0.3) is 5.56 Å². The third-order valence-corrected chi connectivity index (χ3v) is 2.97. The maximum absolute atomic E-state index is 11.7. The summed E-state index contributed by atoms with van der Waals surface area (Å²) in [6.07, 6.45) is 6.18. The molecule has 0 aliphatic rings. The number of nitrogens with two attached hydrogens (primary N) is 1. The molecule has 5 nitrogen and oxygen atoms in total. The number of rotatable bonds is 8. The van der Waals surface area contributed by atoms with Gasteiger partial charge in [-0.05, 0) is 32.4 Å². The van der Waals surface area contributed by atoms with Crippen molar-refractivity contribution in [2.24, 2.45) is 5.73 Å². The fourth-order valence-electron chi connectivity index (χ4n) is 1.86. The van der Waals surface area contributed by atoms with Crippen molar-refractivity contribution in [3.8, 4) is 0 Å². The first-order chi connectivity index (χ1) is 9.17. The summed E-state index contributed by atoms with van der Waals surface area (Å²) >= 11 is 0. The Hall–Kier alpha value is -1.62. The molecule has 0 aliphatic carbocycles. The number of amides is 1. The van der Waals surface area contributed by atoms with Gasteiger partial charge in [-0.1, -0.05) is 12.8 Å². The van der Waals surface area contributed by atoms with Crippen molar-refractivity contribution in [2.45, 2.75) is 45.6 Å². The van der Waals surface area contributed by atoms with Crippen molar-refractivity contribution in [3.63, 3.8) is 0 Å². The van der Waals surface area contributed by atoms with E-state index in [-0.39, 0.29) is 11.5 Å². The average molecular weight is 265 g/mol. The van der Waals surface area contributed by atoms with E-state index in [4.69, 9.17) is 5.73 Å². The summed E-state index contributed by atoms with van der Waals surface area (Å²) in [7, 11) is 0. The van der Waals surface area contributed by atoms with E-state index in [1.54, 1.807) is 16.8 Å². The number of nitrogens with zero attached hydrogens (tertiary/aromatic N) is 1. The van der Waals surface area contributed by atoms with Gasteiger partial charge in [0.05, 0.1) is 5.69 Å². The van der Waals surface area contributed by atoms with Gasteiger partial charge in [-0.2, -0.15) is 0 Å². The minimum atomic E-state index is -0.0534. The summed E-state index contributed by atoms with van der Waals surface area (Å²) in [5.41, 5.74) is 6.03. The molecule has 1 amide bonds. The molecule has 0 spiro atoms. The van der Waals surface area contributed by atoms with E-state index in [0.29, 0.717) is 25.2 Å². The zero-order chi connectivity index (χ0) is 14.1. The van der Waals surface area contributed by atoms with E-state index < -0.39 is 0 Å². The summed E-state index contributed by atoms with van der Waals surface area (Å²) in [5.74, 6) is -0.00551. The average Bonchev–Trinajstić information content (AvgIpc) is 2.40. The fraction of sp³-hybridized carbons (Fsp3) is 0.571. The third kappa shape index (κ3) is 5.70. The first-order valence-electron chi connectivity index (χ1n) is 6.87. The molecule has 0 bridgehead atoms. The lowest BCUT2D eigenvalue weighted by Crippen LogP contribution is -2.19. The van der Waals surface area contributed by atoms with Crippen LogP contribution in [-0.4, -0.2) is 17.0 Å². The Morgan fingerprint density at radius 1 is 1.26 bits per heavy atom. The molecular weight excluding hydrogens is 242 g/mol. The van der Waals surface area contributed by atoms with Gasteiger partial charge in [0, 0.05) is 25.2 Å². The largest absolute Gasteiger partial charge is 0.330 e. The second-order valence-corrected chi connectivity index (χ2v) is 4.54. The molecule has 0 fully saturated rings. The predicted octanol–water partition coefficient (Wildman–Crippen LogP) is 1.72. The molecule has 0 unspecified atom stereocenters. The van der Waals surface area contributed by atoms with Gasteiger partial charge in [-0.15, -0.1) is 0 Å². The number of aromatic nitrogens is 1. The highest BCUT2D eigenvalue weighted by Crippen LogP contribution is 2.07. The Balaban J connectivity index is 2.38. The van der Waals surface area contributed by atoms with Gasteiger partial charge >= 0.3 is 0 Å². The van der Waals surface area contributed by atoms with Crippen LogP contribution in [0, 0.1) is 0 Å². The summed E-state index contributed by atoms with van der Waals surface area (Å²) in [4.78, 5) is 23.1. The van der Waals surface area contributed by atoms with Crippen molar-refractivity contribution >= 4 is 11.6 Å². The standard InChI is InChI=1S/C14H23N3O2/c1-2-17-11-12(8-9-14(17)19)16-13(18)7-5-3-4-6-10-15/h8-9,11H,2-7,10,15H2,1H3,(H,16,18). The third-order valence-electron chi connectivity index (χ3n) is 2.97. The number of aryl methyl sites for hydroxylation is 1. The molecule has 0 saturated carbocycles. The van der Waals surface area contributed by atoms with Crippen molar-refractivity contribution in [2.75, 3.05) is 11.9 Å². The normalized spacial score (nSPS) is 10.4. The molecule has 0 aromatic carbocycles. The molecule has 1 aromatic rings. The molecule has 1 heterocycles. The van der Waals surface area contributed by atoms with E-state index in [2.05, 4.69) is 5.32 Å². The molecule has 106 valence electrons. The number of carbonyl (C=O) groups is 1. The maximum Gasteiger partial charge on any atom is 0.250 e. The van der Waals surface area contributed by atoms with Gasteiger partial charge < -0.3 is 15.6 Å². The van der Waals surface area contributed by atoms with Crippen LogP contribution in [0.3, 0.4) is 0 Å². The quantitative estimate of drug-likeness (QED) is 0.702. The first-order valence-corrected chi connectivity index (χ1v) is 6.87. The van der Waals surface area contributed by atoms with Gasteiger partial charge in [-0.3, -0.25) is 9.59 Å². The number of hydrogen-bond acceptors (Lipinski definition) is 3. The molecule has 1 aromatic heterocycles. The first kappa shape index (κ1) is 15.4. The van der Waals surface area contributed by atoms with Crippen LogP contribution in [-0.2, 0) is 11.3 Å². The van der Waals surface area contributed by atoms with Crippen LogP contribution in [0.2, 0.25) is 0 Å². The zero-order valence-corrected chi connectivity index (χ0v) is 11.5. The Morgan fingerprint density at radius 2 is 2.00 bits per heavy atom. The van der Waals surface area contributed by atoms with E-state index in [1.807, 2.05) is 6.92 Å². The lowest BCUT2D eigenvalue weighted by atomic mass is 10.1. The van der Waals surface area contributed by atoms with E-state index >= 15 is 0 Å². The van der Waals surface area contributed by atoms with Crippen molar-refractivity contribution < 1.29 is 4.79 Å². The number of hydrogen-bond donors (Lipinski definition) is 2. The minimum Gasteiger partial charge on any atom is -0.330 e. The van der Waals surface area contributed by atoms with Crippen LogP contribution in [0.25, 0.3) is 0 Å². The number of nitrogens with one attached hydrogen (secondary N) is 1. The highest BCUT2D eigenvalue weighted by Gasteiger charge is 2.03. The lowest BCUT2D eigenvalue weighted by molar-refractivity contribution is -0.116. The van der Waals surface area contributed by atoms with Gasteiger partial charge in [0.15, 0.2) is 0 Å². The van der Waals surface area contributed by atoms with Crippen LogP contribution in [0.15, 0.2) is 23.1 Å². The van der Waals surface area contributed by atoms with Crippen LogP contribution in [0.4, 0.5) is 5.69 Å². The van der Waals surface area contributed by atoms with Crippen LogP contribution >= 0.6 is 0 Å². The Kier molecular flexibility index (Phi) is 6.89. The second kappa shape index (κ2) is 8.48. The summed E-state index contributed by atoms with van der Waals surface area (Å²) in [5, 5.41) is 2.81. The molecule has 0 radical (unpaired) electrons. The Bertz CT molecular complexity index is 454. The highest BCUT2D eigenvalue weighted by atomic mass is 16.1. The number of unbranched alkanes of at least 4 members (excludes halogenated alkanes) is 3. The summed E-state index contributed by atoms with van der Waals surface area (Å²) in [6.45, 7) is 3.21. The molecule has 1 rings (SSSR count). The number of pyridine rings is 1. The predicted molar refractivity (Wildman–Crippen MR) is 77.1 cm³/mol. The Labute approximate surface area is 113 Å². The maximum atomic E-state index is 11.7. The van der Waals surface area contributed by atoms with Gasteiger partial charge in [0.2, 0.25) is 5.91 Å². The summed E-state index contributed by atoms with van der Waals surface area (Å²) in [6, 6.07) is 3.11. The number of carbonyl (C=O) groups excluding carboxylic acids is 1. The van der Waals surface area contributed by atoms with E-state index in [0.717, 1.165) is 25.7 Å². The molecule has 5 heteroatoms. The van der Waals surface area contributed by atoms with Crippen LogP contribution < -0.4 is 16.6 Å². The number of anilines is 1. The summed E-state index contributed by atoms with van der Waals surface area (Å²) < 4.78 is 1.57. The topological polar surface area (TPSA) is 77.1 Å². The van der Waals surface area contributed by atoms with Gasteiger partial charge in [-0.25, -0.2) is 0 Å². The SMILES string of the molecule is CCn1cc(NC(=O)CCCCCCN)ccc1=O. The van der Waals surface area contributed by atoms with Crippen molar-refractivity contribution in [1.82, 2.24) is 4.57 Å². The van der Waals surface area contributed by atoms with E-state index in [1.165, 1.54) is 6.07 Å². The van der Waals surface area contributed by atoms with Crippen LogP contribution in [0.1, 0.15) is 39.0 Å². The van der Waals surface area contributed by atoms with Crippen molar-refractivity contribution in [3.05, 3.63) is 28.7 Å². The minimum absolute atomic E-state index is 0.00551. The smallest absolute Gasteiger partial charge is 0.250 e. The second-order valence-electron chi connectivity index (χ2n) is 4.54. The molecule has 0 aliphatic heterocycles. The Morgan fingerprint density at radius 3 is 2.68 bits per heavy atom.